The van der Waals surface area contributed by atoms with E-state index in [1.54, 1.807) is 0 Å². The van der Waals surface area contributed by atoms with E-state index in [-0.39, 0.29) is 11.9 Å². The lowest BCUT2D eigenvalue weighted by Crippen LogP contribution is -2.44. The van der Waals surface area contributed by atoms with Gasteiger partial charge in [-0.05, 0) is 69.2 Å². The van der Waals surface area contributed by atoms with E-state index in [9.17, 15) is 4.79 Å². The number of aromatic amines is 1. The van der Waals surface area contributed by atoms with Crippen molar-refractivity contribution in [2.75, 3.05) is 6.54 Å². The number of aromatic nitrogens is 3. The Morgan fingerprint density at radius 2 is 2.04 bits per heavy atom. The van der Waals surface area contributed by atoms with Crippen molar-refractivity contribution >= 4 is 16.8 Å². The summed E-state index contributed by atoms with van der Waals surface area (Å²) in [5.74, 6) is 0.146. The fraction of sp³-hybridized carbons (Fsp3) is 0.455. The maximum Gasteiger partial charge on any atom is 0.270 e. The average molecular weight is 364 g/mol. The van der Waals surface area contributed by atoms with E-state index in [0.717, 1.165) is 49.1 Å². The lowest BCUT2D eigenvalue weighted by molar-refractivity contribution is 0.0588. The largest absolute Gasteiger partial charge is 0.350 e. The van der Waals surface area contributed by atoms with Crippen LogP contribution in [0.25, 0.3) is 10.9 Å². The van der Waals surface area contributed by atoms with Gasteiger partial charge in [0.15, 0.2) is 0 Å². The molecule has 1 amide bonds. The lowest BCUT2D eigenvalue weighted by atomic mass is 9.98. The van der Waals surface area contributed by atoms with Gasteiger partial charge in [0.2, 0.25) is 0 Å². The van der Waals surface area contributed by atoms with Crippen molar-refractivity contribution < 1.29 is 4.79 Å². The van der Waals surface area contributed by atoms with Crippen LogP contribution in [0, 0.1) is 20.8 Å². The van der Waals surface area contributed by atoms with E-state index < -0.39 is 0 Å². The standard InChI is InChI=1S/C22H28N4O/c1-15-8-9-16(2)20-19(15)17(3)21(24-20)22(27)26-13-5-4-7-18(26)10-14-25-12-6-11-23-25/h6,8-9,11-12,18,24H,4-5,7,10,13-14H2,1-3H3/t18-/m1/s1. The van der Waals surface area contributed by atoms with Crippen molar-refractivity contribution in [3.05, 3.63) is 53.0 Å². The molecule has 0 radical (unpaired) electrons. The van der Waals surface area contributed by atoms with Gasteiger partial charge in [0.25, 0.3) is 5.91 Å². The zero-order valence-electron chi connectivity index (χ0n) is 16.5. The first kappa shape index (κ1) is 17.8. The second-order valence-corrected chi connectivity index (χ2v) is 7.78. The zero-order chi connectivity index (χ0) is 19.0. The Morgan fingerprint density at radius 3 is 2.78 bits per heavy atom. The molecule has 3 heterocycles. The Kier molecular flexibility index (Phi) is 4.77. The van der Waals surface area contributed by atoms with Crippen LogP contribution in [-0.4, -0.2) is 38.2 Å². The van der Waals surface area contributed by atoms with Crippen LogP contribution < -0.4 is 0 Å². The normalized spacial score (nSPS) is 17.6. The van der Waals surface area contributed by atoms with E-state index in [1.807, 2.05) is 23.1 Å². The summed E-state index contributed by atoms with van der Waals surface area (Å²) in [4.78, 5) is 19.0. The molecule has 1 aromatic carbocycles. The molecule has 1 aliphatic heterocycles. The van der Waals surface area contributed by atoms with Crippen LogP contribution in [0.3, 0.4) is 0 Å². The molecule has 0 unspecified atom stereocenters. The monoisotopic (exact) mass is 364 g/mol. The predicted octanol–water partition coefficient (Wildman–Crippen LogP) is 4.37. The highest BCUT2D eigenvalue weighted by molar-refractivity contribution is 6.02. The minimum absolute atomic E-state index is 0.146. The maximum absolute atomic E-state index is 13.5. The summed E-state index contributed by atoms with van der Waals surface area (Å²) in [6.07, 6.45) is 8.10. The molecule has 4 rings (SSSR count). The molecule has 0 spiro atoms. The summed E-state index contributed by atoms with van der Waals surface area (Å²) in [5, 5.41) is 5.50. The van der Waals surface area contributed by atoms with E-state index in [0.29, 0.717) is 0 Å². The number of carbonyl (C=O) groups is 1. The first-order chi connectivity index (χ1) is 13.1. The molecule has 0 bridgehead atoms. The summed E-state index contributed by atoms with van der Waals surface area (Å²) < 4.78 is 1.96. The quantitative estimate of drug-likeness (QED) is 0.747. The number of carbonyl (C=O) groups excluding carboxylic acids is 1. The number of hydrogen-bond acceptors (Lipinski definition) is 2. The van der Waals surface area contributed by atoms with Crippen LogP contribution in [-0.2, 0) is 6.54 Å². The highest BCUT2D eigenvalue weighted by Crippen LogP contribution is 2.30. The second-order valence-electron chi connectivity index (χ2n) is 7.78. The van der Waals surface area contributed by atoms with E-state index in [4.69, 9.17) is 0 Å². The average Bonchev–Trinajstić information content (AvgIpc) is 3.31. The number of fused-ring (bicyclic) bond motifs is 1. The first-order valence-electron chi connectivity index (χ1n) is 9.93. The molecule has 5 nitrogen and oxygen atoms in total. The van der Waals surface area contributed by atoms with Crippen LogP contribution in [0.15, 0.2) is 30.6 Å². The maximum atomic E-state index is 13.5. The fourth-order valence-corrected chi connectivity index (χ4v) is 4.44. The molecule has 1 atom stereocenters. The third-order valence-electron chi connectivity index (χ3n) is 5.97. The Balaban J connectivity index is 1.62. The van der Waals surface area contributed by atoms with Gasteiger partial charge in [-0.2, -0.15) is 5.10 Å². The van der Waals surface area contributed by atoms with E-state index in [2.05, 4.69) is 47.9 Å². The van der Waals surface area contributed by atoms with Gasteiger partial charge in [0.1, 0.15) is 5.69 Å². The van der Waals surface area contributed by atoms with Gasteiger partial charge in [0, 0.05) is 42.4 Å². The molecule has 0 saturated carbocycles. The van der Waals surface area contributed by atoms with Gasteiger partial charge >= 0.3 is 0 Å². The molecule has 5 heteroatoms. The first-order valence-corrected chi connectivity index (χ1v) is 9.93. The predicted molar refractivity (Wildman–Crippen MR) is 108 cm³/mol. The second kappa shape index (κ2) is 7.22. The van der Waals surface area contributed by atoms with Crippen LogP contribution in [0.5, 0.6) is 0 Å². The minimum Gasteiger partial charge on any atom is -0.350 e. The molecule has 0 aliphatic carbocycles. The van der Waals surface area contributed by atoms with Gasteiger partial charge in [-0.25, -0.2) is 0 Å². The third-order valence-corrected chi connectivity index (χ3v) is 5.97. The van der Waals surface area contributed by atoms with Crippen molar-refractivity contribution in [1.29, 1.82) is 0 Å². The fourth-order valence-electron chi connectivity index (χ4n) is 4.44. The van der Waals surface area contributed by atoms with Crippen molar-refractivity contribution in [1.82, 2.24) is 19.7 Å². The summed E-state index contributed by atoms with van der Waals surface area (Å²) in [7, 11) is 0. The molecule has 142 valence electrons. The number of nitrogens with zero attached hydrogens (tertiary/aromatic N) is 3. The summed E-state index contributed by atoms with van der Waals surface area (Å²) in [6, 6.07) is 6.49. The Labute approximate surface area is 160 Å². The molecular weight excluding hydrogens is 336 g/mol. The third kappa shape index (κ3) is 3.27. The number of amides is 1. The molecular formula is C22H28N4O. The van der Waals surface area contributed by atoms with Gasteiger partial charge < -0.3 is 9.88 Å². The number of hydrogen-bond donors (Lipinski definition) is 1. The van der Waals surface area contributed by atoms with Crippen LogP contribution in [0.1, 0.15) is 52.9 Å². The summed E-state index contributed by atoms with van der Waals surface area (Å²) in [6.45, 7) is 7.98. The Bertz CT molecular complexity index is 955. The number of benzene rings is 1. The Hall–Kier alpha value is -2.56. The molecule has 1 saturated heterocycles. The zero-order valence-corrected chi connectivity index (χ0v) is 16.5. The van der Waals surface area contributed by atoms with Crippen molar-refractivity contribution in [3.8, 4) is 0 Å². The van der Waals surface area contributed by atoms with Crippen LogP contribution >= 0.6 is 0 Å². The summed E-state index contributed by atoms with van der Waals surface area (Å²) in [5.41, 5.74) is 5.34. The smallest absolute Gasteiger partial charge is 0.270 e. The van der Waals surface area contributed by atoms with Crippen molar-refractivity contribution in [3.63, 3.8) is 0 Å². The van der Waals surface area contributed by atoms with Crippen LogP contribution in [0.4, 0.5) is 0 Å². The van der Waals surface area contributed by atoms with E-state index >= 15 is 0 Å². The van der Waals surface area contributed by atoms with Gasteiger partial charge in [0.05, 0.1) is 0 Å². The summed E-state index contributed by atoms with van der Waals surface area (Å²) >= 11 is 0. The molecule has 3 aromatic rings. The highest BCUT2D eigenvalue weighted by Gasteiger charge is 2.29. The number of H-pyrrole nitrogens is 1. The number of rotatable bonds is 4. The number of likely N-dealkylation sites (tertiary alicyclic amines) is 1. The minimum atomic E-state index is 0.146. The number of aryl methyl sites for hydroxylation is 4. The highest BCUT2D eigenvalue weighted by atomic mass is 16.2. The van der Waals surface area contributed by atoms with E-state index in [1.165, 1.54) is 22.9 Å². The Morgan fingerprint density at radius 1 is 1.22 bits per heavy atom. The SMILES string of the molecule is Cc1ccc(C)c2c(C)c(C(=O)N3CCCC[C@@H]3CCn3cccn3)[nH]c12. The number of nitrogens with one attached hydrogen (secondary N) is 1. The van der Waals surface area contributed by atoms with Crippen molar-refractivity contribution in [2.24, 2.45) is 0 Å². The van der Waals surface area contributed by atoms with Gasteiger partial charge in [-0.1, -0.05) is 12.1 Å². The van der Waals surface area contributed by atoms with Crippen LogP contribution in [0.2, 0.25) is 0 Å². The molecule has 1 fully saturated rings. The molecule has 27 heavy (non-hydrogen) atoms. The van der Waals surface area contributed by atoms with Crippen molar-refractivity contribution in [2.45, 2.75) is 59.0 Å². The van der Waals surface area contributed by atoms with Gasteiger partial charge in [-0.15, -0.1) is 0 Å². The number of piperidine rings is 1. The molecule has 1 N–H and O–H groups in total. The lowest BCUT2D eigenvalue weighted by Gasteiger charge is -2.35. The topological polar surface area (TPSA) is 53.9 Å². The van der Waals surface area contributed by atoms with Gasteiger partial charge in [-0.3, -0.25) is 9.48 Å². The molecule has 2 aromatic heterocycles. The molecule has 1 aliphatic rings.